The summed E-state index contributed by atoms with van der Waals surface area (Å²) in [6, 6.07) is 0. The fraction of sp³-hybridized carbons (Fsp3) is 0.929. The number of unbranched alkanes of at least 4 members (excludes halogenated alkanes) is 1. The molecule has 0 bridgehead atoms. The van der Waals surface area contributed by atoms with Crippen LogP contribution in [0.2, 0.25) is 0 Å². The van der Waals surface area contributed by atoms with Gasteiger partial charge in [-0.15, -0.1) is 0 Å². The Balaban J connectivity index is 2.04. The van der Waals surface area contributed by atoms with Crippen LogP contribution < -0.4 is 5.32 Å². The standard InChI is InChI=1S/C14H27NO3/c1-2-3-10-18-14(17)15-11-13-6-4-12(5-7-13)8-9-16/h12-13,16H,2-11H2,1H3,(H,15,17). The van der Waals surface area contributed by atoms with E-state index in [9.17, 15) is 4.79 Å². The van der Waals surface area contributed by atoms with Crippen molar-refractivity contribution in [2.45, 2.75) is 51.9 Å². The molecule has 1 rings (SSSR count). The zero-order valence-corrected chi connectivity index (χ0v) is 11.5. The molecule has 0 aromatic heterocycles. The van der Waals surface area contributed by atoms with Gasteiger partial charge in [-0.05, 0) is 37.5 Å². The fourth-order valence-corrected chi connectivity index (χ4v) is 2.49. The van der Waals surface area contributed by atoms with Gasteiger partial charge >= 0.3 is 6.09 Å². The number of hydrogen-bond donors (Lipinski definition) is 2. The zero-order chi connectivity index (χ0) is 13.2. The summed E-state index contributed by atoms with van der Waals surface area (Å²) >= 11 is 0. The van der Waals surface area contributed by atoms with Crippen LogP contribution in [0.1, 0.15) is 51.9 Å². The Morgan fingerprint density at radius 1 is 1.28 bits per heavy atom. The third kappa shape index (κ3) is 6.24. The first-order chi connectivity index (χ1) is 8.76. The number of nitrogens with one attached hydrogen (secondary N) is 1. The van der Waals surface area contributed by atoms with E-state index in [2.05, 4.69) is 12.2 Å². The molecule has 106 valence electrons. The van der Waals surface area contributed by atoms with Crippen molar-refractivity contribution < 1.29 is 14.6 Å². The Bertz CT molecular complexity index is 225. The number of hydrogen-bond acceptors (Lipinski definition) is 3. The zero-order valence-electron chi connectivity index (χ0n) is 11.5. The molecule has 0 atom stereocenters. The molecule has 18 heavy (non-hydrogen) atoms. The summed E-state index contributed by atoms with van der Waals surface area (Å²) in [6.45, 7) is 3.63. The van der Waals surface area contributed by atoms with Gasteiger partial charge in [0.25, 0.3) is 0 Å². The SMILES string of the molecule is CCCCOC(=O)NCC1CCC(CCO)CC1. The predicted molar refractivity (Wildman–Crippen MR) is 71.4 cm³/mol. The lowest BCUT2D eigenvalue weighted by molar-refractivity contribution is 0.140. The van der Waals surface area contributed by atoms with E-state index in [-0.39, 0.29) is 6.09 Å². The molecule has 0 heterocycles. The van der Waals surface area contributed by atoms with Crippen LogP contribution >= 0.6 is 0 Å². The molecule has 0 saturated heterocycles. The lowest BCUT2D eigenvalue weighted by Crippen LogP contribution is -2.32. The average molecular weight is 257 g/mol. The Morgan fingerprint density at radius 2 is 1.94 bits per heavy atom. The van der Waals surface area contributed by atoms with Gasteiger partial charge in [-0.1, -0.05) is 26.2 Å². The Labute approximate surface area is 110 Å². The molecule has 0 aromatic rings. The molecule has 0 unspecified atom stereocenters. The van der Waals surface area contributed by atoms with Gasteiger partial charge in [0.2, 0.25) is 0 Å². The Hall–Kier alpha value is -0.770. The third-order valence-corrected chi connectivity index (χ3v) is 3.77. The minimum Gasteiger partial charge on any atom is -0.450 e. The van der Waals surface area contributed by atoms with Crippen molar-refractivity contribution in [2.24, 2.45) is 11.8 Å². The molecule has 4 heteroatoms. The van der Waals surface area contributed by atoms with Crippen LogP contribution in [-0.2, 0) is 4.74 Å². The van der Waals surface area contributed by atoms with Crippen molar-refractivity contribution in [1.82, 2.24) is 5.32 Å². The van der Waals surface area contributed by atoms with Gasteiger partial charge in [-0.25, -0.2) is 4.79 Å². The molecule has 0 aliphatic heterocycles. The van der Waals surface area contributed by atoms with Gasteiger partial charge in [-0.2, -0.15) is 0 Å². The maximum atomic E-state index is 11.4. The van der Waals surface area contributed by atoms with Crippen molar-refractivity contribution in [3.8, 4) is 0 Å². The first-order valence-corrected chi connectivity index (χ1v) is 7.27. The number of ether oxygens (including phenoxy) is 1. The number of carbonyl (C=O) groups excluding carboxylic acids is 1. The molecule has 1 aliphatic rings. The summed E-state index contributed by atoms with van der Waals surface area (Å²) in [7, 11) is 0. The number of amides is 1. The first kappa shape index (κ1) is 15.3. The maximum Gasteiger partial charge on any atom is 0.407 e. The van der Waals surface area contributed by atoms with E-state index in [1.807, 2.05) is 0 Å². The topological polar surface area (TPSA) is 58.6 Å². The summed E-state index contributed by atoms with van der Waals surface area (Å²) in [5, 5.41) is 11.7. The van der Waals surface area contributed by atoms with E-state index in [0.717, 1.165) is 38.6 Å². The van der Waals surface area contributed by atoms with Crippen LogP contribution in [0.25, 0.3) is 0 Å². The first-order valence-electron chi connectivity index (χ1n) is 7.27. The van der Waals surface area contributed by atoms with E-state index < -0.39 is 0 Å². The monoisotopic (exact) mass is 257 g/mol. The van der Waals surface area contributed by atoms with Crippen LogP contribution in [-0.4, -0.2) is 31.0 Å². The van der Waals surface area contributed by atoms with Crippen LogP contribution in [0.4, 0.5) is 4.79 Å². The van der Waals surface area contributed by atoms with Crippen molar-refractivity contribution in [1.29, 1.82) is 0 Å². The highest BCUT2D eigenvalue weighted by atomic mass is 16.5. The highest BCUT2D eigenvalue weighted by Gasteiger charge is 2.21. The van der Waals surface area contributed by atoms with E-state index >= 15 is 0 Å². The molecule has 1 amide bonds. The molecule has 0 aromatic carbocycles. The number of aliphatic hydroxyl groups excluding tert-OH is 1. The van der Waals surface area contributed by atoms with Crippen LogP contribution in [0.3, 0.4) is 0 Å². The Kier molecular flexibility index (Phi) is 7.81. The second-order valence-electron chi connectivity index (χ2n) is 5.27. The lowest BCUT2D eigenvalue weighted by atomic mass is 9.81. The van der Waals surface area contributed by atoms with Crippen LogP contribution in [0.5, 0.6) is 0 Å². The minimum atomic E-state index is -0.277. The molecule has 1 fully saturated rings. The van der Waals surface area contributed by atoms with Crippen molar-refractivity contribution in [3.63, 3.8) is 0 Å². The van der Waals surface area contributed by atoms with E-state index in [1.54, 1.807) is 0 Å². The van der Waals surface area contributed by atoms with Gasteiger partial charge in [0.15, 0.2) is 0 Å². The average Bonchev–Trinajstić information content (AvgIpc) is 2.39. The largest absolute Gasteiger partial charge is 0.450 e. The van der Waals surface area contributed by atoms with E-state index in [1.165, 1.54) is 12.8 Å². The highest BCUT2D eigenvalue weighted by molar-refractivity contribution is 5.67. The second kappa shape index (κ2) is 9.20. The summed E-state index contributed by atoms with van der Waals surface area (Å²) in [6.07, 6.45) is 7.29. The van der Waals surface area contributed by atoms with Gasteiger partial charge in [0.05, 0.1) is 6.61 Å². The summed E-state index contributed by atoms with van der Waals surface area (Å²) in [5.41, 5.74) is 0. The summed E-state index contributed by atoms with van der Waals surface area (Å²) in [4.78, 5) is 11.4. The molecule has 1 aliphatic carbocycles. The van der Waals surface area contributed by atoms with Gasteiger partial charge in [0.1, 0.15) is 0 Å². The molecular formula is C14H27NO3. The third-order valence-electron chi connectivity index (χ3n) is 3.77. The van der Waals surface area contributed by atoms with E-state index in [0.29, 0.717) is 25.0 Å². The number of alkyl carbamates (subject to hydrolysis) is 1. The summed E-state index contributed by atoms with van der Waals surface area (Å²) in [5.74, 6) is 1.27. The minimum absolute atomic E-state index is 0.277. The lowest BCUT2D eigenvalue weighted by Gasteiger charge is -2.28. The van der Waals surface area contributed by atoms with Crippen molar-refractivity contribution in [3.05, 3.63) is 0 Å². The predicted octanol–water partition coefficient (Wildman–Crippen LogP) is 2.70. The van der Waals surface area contributed by atoms with Gasteiger partial charge < -0.3 is 15.2 Å². The number of rotatable bonds is 7. The van der Waals surface area contributed by atoms with Crippen molar-refractivity contribution >= 4 is 6.09 Å². The van der Waals surface area contributed by atoms with Crippen LogP contribution in [0, 0.1) is 11.8 Å². The highest BCUT2D eigenvalue weighted by Crippen LogP contribution is 2.30. The van der Waals surface area contributed by atoms with E-state index in [4.69, 9.17) is 9.84 Å². The second-order valence-corrected chi connectivity index (χ2v) is 5.27. The molecular weight excluding hydrogens is 230 g/mol. The van der Waals surface area contributed by atoms with Gasteiger partial charge in [-0.3, -0.25) is 0 Å². The molecule has 4 nitrogen and oxygen atoms in total. The quantitative estimate of drug-likeness (QED) is 0.689. The summed E-state index contributed by atoms with van der Waals surface area (Å²) < 4.78 is 5.05. The number of carbonyl (C=O) groups is 1. The van der Waals surface area contributed by atoms with Crippen molar-refractivity contribution in [2.75, 3.05) is 19.8 Å². The number of aliphatic hydroxyl groups is 1. The fourth-order valence-electron chi connectivity index (χ4n) is 2.49. The molecule has 0 radical (unpaired) electrons. The molecule has 2 N–H and O–H groups in total. The molecule has 1 saturated carbocycles. The maximum absolute atomic E-state index is 11.4. The Morgan fingerprint density at radius 3 is 2.56 bits per heavy atom. The van der Waals surface area contributed by atoms with Crippen LogP contribution in [0.15, 0.2) is 0 Å². The van der Waals surface area contributed by atoms with Gasteiger partial charge in [0, 0.05) is 13.2 Å². The smallest absolute Gasteiger partial charge is 0.407 e. The normalized spacial score (nSPS) is 23.7. The molecule has 0 spiro atoms.